The summed E-state index contributed by atoms with van der Waals surface area (Å²) in [7, 11) is 0. The summed E-state index contributed by atoms with van der Waals surface area (Å²) >= 11 is 0. The van der Waals surface area contributed by atoms with E-state index in [0.29, 0.717) is 6.61 Å². The molecule has 1 aromatic carbocycles. The maximum Gasteiger partial charge on any atom is 0.119 e. The van der Waals surface area contributed by atoms with Gasteiger partial charge in [0.2, 0.25) is 0 Å². The second kappa shape index (κ2) is 5.29. The minimum absolute atomic E-state index is 0.00972. The molecule has 1 aliphatic heterocycles. The molecule has 1 aromatic rings. The number of ether oxygens (including phenoxy) is 2. The summed E-state index contributed by atoms with van der Waals surface area (Å²) in [6.07, 6.45) is 1.90. The van der Waals surface area contributed by atoms with Crippen molar-refractivity contribution in [3.8, 4) is 5.75 Å². The Morgan fingerprint density at radius 2 is 2.06 bits per heavy atom. The second-order valence-corrected chi connectivity index (χ2v) is 5.59. The summed E-state index contributed by atoms with van der Waals surface area (Å²) in [5.74, 6) is 0.827. The number of rotatable bonds is 4. The minimum Gasteiger partial charge on any atom is -0.491 e. The van der Waals surface area contributed by atoms with E-state index in [1.54, 1.807) is 6.92 Å². The maximum absolute atomic E-state index is 9.41. The van der Waals surface area contributed by atoms with E-state index in [9.17, 15) is 5.11 Å². The zero-order valence-electron chi connectivity index (χ0n) is 11.3. The van der Waals surface area contributed by atoms with Crippen LogP contribution in [-0.2, 0) is 4.74 Å². The Kier molecular flexibility index (Phi) is 3.93. The number of hydrogen-bond donors (Lipinski definition) is 1. The Labute approximate surface area is 109 Å². The molecule has 1 fully saturated rings. The lowest BCUT2D eigenvalue weighted by Crippen LogP contribution is -2.23. The summed E-state index contributed by atoms with van der Waals surface area (Å²) in [4.78, 5) is 0. The van der Waals surface area contributed by atoms with Gasteiger partial charge in [-0.05, 0) is 51.3 Å². The molecule has 2 unspecified atom stereocenters. The minimum atomic E-state index is -0.432. The Morgan fingerprint density at radius 1 is 1.39 bits per heavy atom. The highest BCUT2D eigenvalue weighted by Gasteiger charge is 2.31. The molecule has 0 radical (unpaired) electrons. The van der Waals surface area contributed by atoms with E-state index in [2.05, 4.69) is 13.8 Å². The lowest BCUT2D eigenvalue weighted by Gasteiger charge is -2.19. The third kappa shape index (κ3) is 3.47. The molecule has 0 bridgehead atoms. The van der Waals surface area contributed by atoms with E-state index in [0.717, 1.165) is 24.2 Å². The molecule has 2 rings (SSSR count). The van der Waals surface area contributed by atoms with Crippen LogP contribution >= 0.6 is 0 Å². The zero-order valence-corrected chi connectivity index (χ0v) is 11.3. The first-order chi connectivity index (χ1) is 8.46. The molecule has 100 valence electrons. The Balaban J connectivity index is 1.84. The molecule has 1 N–H and O–H groups in total. The van der Waals surface area contributed by atoms with E-state index < -0.39 is 6.10 Å². The van der Waals surface area contributed by atoms with Crippen molar-refractivity contribution in [2.45, 2.75) is 51.4 Å². The normalized spacial score (nSPS) is 23.9. The predicted molar refractivity (Wildman–Crippen MR) is 70.8 cm³/mol. The first-order valence-corrected chi connectivity index (χ1v) is 6.55. The van der Waals surface area contributed by atoms with Gasteiger partial charge in [-0.25, -0.2) is 0 Å². The topological polar surface area (TPSA) is 38.7 Å². The van der Waals surface area contributed by atoms with Gasteiger partial charge < -0.3 is 14.6 Å². The van der Waals surface area contributed by atoms with Crippen LogP contribution in [0.5, 0.6) is 5.75 Å². The Bertz CT molecular complexity index is 381. The largest absolute Gasteiger partial charge is 0.491 e. The van der Waals surface area contributed by atoms with Crippen LogP contribution < -0.4 is 4.74 Å². The fraction of sp³-hybridized carbons (Fsp3) is 0.600. The van der Waals surface area contributed by atoms with Crippen LogP contribution in [-0.4, -0.2) is 23.4 Å². The number of hydrogen-bond acceptors (Lipinski definition) is 3. The van der Waals surface area contributed by atoms with Crippen molar-refractivity contribution in [3.05, 3.63) is 29.8 Å². The average Bonchev–Trinajstić information content (AvgIpc) is 2.67. The summed E-state index contributed by atoms with van der Waals surface area (Å²) in [5, 5.41) is 9.41. The van der Waals surface area contributed by atoms with Crippen LogP contribution in [0.4, 0.5) is 0 Å². The average molecular weight is 250 g/mol. The molecule has 3 nitrogen and oxygen atoms in total. The van der Waals surface area contributed by atoms with Crippen LogP contribution in [0, 0.1) is 0 Å². The van der Waals surface area contributed by atoms with Gasteiger partial charge >= 0.3 is 0 Å². The van der Waals surface area contributed by atoms with Gasteiger partial charge in [0.15, 0.2) is 0 Å². The van der Waals surface area contributed by atoms with Gasteiger partial charge in [-0.2, -0.15) is 0 Å². The molecule has 0 saturated carbocycles. The summed E-state index contributed by atoms with van der Waals surface area (Å²) in [6.45, 7) is 6.58. The van der Waals surface area contributed by atoms with Crippen LogP contribution in [0.25, 0.3) is 0 Å². The van der Waals surface area contributed by atoms with Gasteiger partial charge in [0, 0.05) is 0 Å². The number of aliphatic hydroxyl groups excluding tert-OH is 1. The molecular weight excluding hydrogens is 228 g/mol. The third-order valence-electron chi connectivity index (χ3n) is 3.35. The highest BCUT2D eigenvalue weighted by Crippen LogP contribution is 2.29. The Morgan fingerprint density at radius 3 is 2.56 bits per heavy atom. The highest BCUT2D eigenvalue weighted by molar-refractivity contribution is 5.28. The van der Waals surface area contributed by atoms with E-state index >= 15 is 0 Å². The molecule has 3 heteroatoms. The molecule has 0 amide bonds. The third-order valence-corrected chi connectivity index (χ3v) is 3.35. The van der Waals surface area contributed by atoms with E-state index in [-0.39, 0.29) is 11.7 Å². The van der Waals surface area contributed by atoms with Crippen molar-refractivity contribution >= 4 is 0 Å². The SMILES string of the molecule is CC(O)c1ccc(OCC2CCC(C)(C)O2)cc1. The molecule has 0 aromatic heterocycles. The lowest BCUT2D eigenvalue weighted by atomic mass is 10.1. The van der Waals surface area contributed by atoms with Gasteiger partial charge in [0.25, 0.3) is 0 Å². The standard InChI is InChI=1S/C15H22O3/c1-11(16)12-4-6-13(7-5-12)17-10-14-8-9-15(2,3)18-14/h4-7,11,14,16H,8-10H2,1-3H3. The first kappa shape index (κ1) is 13.4. The fourth-order valence-corrected chi connectivity index (χ4v) is 2.23. The van der Waals surface area contributed by atoms with Crippen LogP contribution in [0.3, 0.4) is 0 Å². The van der Waals surface area contributed by atoms with Crippen LogP contribution in [0.2, 0.25) is 0 Å². The fourth-order valence-electron chi connectivity index (χ4n) is 2.23. The molecule has 2 atom stereocenters. The van der Waals surface area contributed by atoms with E-state index in [1.807, 2.05) is 24.3 Å². The van der Waals surface area contributed by atoms with Gasteiger partial charge in [-0.15, -0.1) is 0 Å². The lowest BCUT2D eigenvalue weighted by molar-refractivity contribution is -0.0326. The second-order valence-electron chi connectivity index (χ2n) is 5.59. The van der Waals surface area contributed by atoms with E-state index in [4.69, 9.17) is 9.47 Å². The monoisotopic (exact) mass is 250 g/mol. The van der Waals surface area contributed by atoms with Gasteiger partial charge in [-0.1, -0.05) is 12.1 Å². The number of aliphatic hydroxyl groups is 1. The van der Waals surface area contributed by atoms with Gasteiger partial charge in [0.1, 0.15) is 12.4 Å². The summed E-state index contributed by atoms with van der Waals surface area (Å²) in [5.41, 5.74) is 0.894. The van der Waals surface area contributed by atoms with Crippen LogP contribution in [0.1, 0.15) is 45.3 Å². The zero-order chi connectivity index (χ0) is 13.2. The van der Waals surface area contributed by atoms with E-state index in [1.165, 1.54) is 0 Å². The summed E-state index contributed by atoms with van der Waals surface area (Å²) < 4.78 is 11.6. The van der Waals surface area contributed by atoms with Gasteiger partial charge in [-0.3, -0.25) is 0 Å². The van der Waals surface area contributed by atoms with Crippen LogP contribution in [0.15, 0.2) is 24.3 Å². The van der Waals surface area contributed by atoms with Crippen molar-refractivity contribution < 1.29 is 14.6 Å². The highest BCUT2D eigenvalue weighted by atomic mass is 16.6. The molecule has 18 heavy (non-hydrogen) atoms. The Hall–Kier alpha value is -1.06. The maximum atomic E-state index is 9.41. The molecule has 1 aliphatic rings. The molecule has 1 heterocycles. The number of benzene rings is 1. The molecule has 0 aliphatic carbocycles. The molecule has 0 spiro atoms. The van der Waals surface area contributed by atoms with Crippen molar-refractivity contribution in [2.24, 2.45) is 0 Å². The first-order valence-electron chi connectivity index (χ1n) is 6.55. The van der Waals surface area contributed by atoms with Crippen molar-refractivity contribution in [1.82, 2.24) is 0 Å². The van der Waals surface area contributed by atoms with Crippen molar-refractivity contribution in [3.63, 3.8) is 0 Å². The molecule has 1 saturated heterocycles. The van der Waals surface area contributed by atoms with Gasteiger partial charge in [0.05, 0.1) is 17.8 Å². The van der Waals surface area contributed by atoms with Crippen molar-refractivity contribution in [2.75, 3.05) is 6.61 Å². The smallest absolute Gasteiger partial charge is 0.119 e. The predicted octanol–water partition coefficient (Wildman–Crippen LogP) is 3.08. The molecular formula is C15H22O3. The summed E-state index contributed by atoms with van der Waals surface area (Å²) in [6, 6.07) is 7.56. The van der Waals surface area contributed by atoms with Crippen molar-refractivity contribution in [1.29, 1.82) is 0 Å². The quantitative estimate of drug-likeness (QED) is 0.892.